The number of benzene rings is 3. The second-order valence-corrected chi connectivity index (χ2v) is 11.5. The van der Waals surface area contributed by atoms with Crippen LogP contribution in [0.15, 0.2) is 79.5 Å². The molecule has 0 bridgehead atoms. The largest absolute Gasteiger partial charge is 0.378 e. The molecule has 0 atom stereocenters. The fourth-order valence-electron chi connectivity index (χ4n) is 5.97. The summed E-state index contributed by atoms with van der Waals surface area (Å²) in [6, 6.07) is 17.8. The number of anilines is 4. The summed E-state index contributed by atoms with van der Waals surface area (Å²) in [5, 5.41) is 3.23. The molecule has 0 spiro atoms. The van der Waals surface area contributed by atoms with Crippen LogP contribution in [0.3, 0.4) is 0 Å². The summed E-state index contributed by atoms with van der Waals surface area (Å²) in [5.74, 6) is -0.614. The first-order valence-electron chi connectivity index (χ1n) is 15.5. The average Bonchev–Trinajstić information content (AvgIpc) is 3.07. The number of ether oxygens (including phenoxy) is 1. The van der Waals surface area contributed by atoms with Crippen molar-refractivity contribution in [3.05, 3.63) is 108 Å². The highest BCUT2D eigenvalue weighted by molar-refractivity contribution is 5.91. The van der Waals surface area contributed by atoms with Gasteiger partial charge in [0.25, 0.3) is 0 Å². The van der Waals surface area contributed by atoms with E-state index in [1.807, 2.05) is 0 Å². The van der Waals surface area contributed by atoms with Crippen molar-refractivity contribution in [3.63, 3.8) is 0 Å². The van der Waals surface area contributed by atoms with Crippen molar-refractivity contribution in [2.75, 3.05) is 54.5 Å². The lowest BCUT2D eigenvalue weighted by atomic mass is 9.98. The number of ketones is 1. The summed E-state index contributed by atoms with van der Waals surface area (Å²) in [4.78, 5) is 25.9. The molecule has 4 aromatic rings. The number of rotatable bonds is 10. The molecular formula is C36H37F2N5O2. The number of aromatic nitrogens is 2. The molecule has 0 amide bonds. The number of hydrogen-bond donors (Lipinski definition) is 1. The van der Waals surface area contributed by atoms with Crippen LogP contribution in [0.2, 0.25) is 0 Å². The number of piperidine rings is 1. The van der Waals surface area contributed by atoms with Gasteiger partial charge in [-0.15, -0.1) is 0 Å². The second kappa shape index (κ2) is 14.0. The molecular weight excluding hydrogens is 572 g/mol. The molecule has 232 valence electrons. The smallest absolute Gasteiger partial charge is 0.227 e. The van der Waals surface area contributed by atoms with Gasteiger partial charge in [-0.1, -0.05) is 18.7 Å². The Morgan fingerprint density at radius 3 is 2.44 bits per heavy atom. The van der Waals surface area contributed by atoms with E-state index >= 15 is 0 Å². The normalized spacial score (nSPS) is 15.2. The van der Waals surface area contributed by atoms with E-state index in [4.69, 9.17) is 9.72 Å². The van der Waals surface area contributed by atoms with Gasteiger partial charge in [0.05, 0.1) is 24.6 Å². The van der Waals surface area contributed by atoms with Crippen LogP contribution in [0.1, 0.15) is 36.0 Å². The standard InChI is InChI=1S/C36H37F2N5O2/c1-2-32(44)21-26-19-27(22-29(37)20-26)35-28(18-25-6-9-31(10-7-25)42-14-16-45-17-15-42)24-39-36(41-35)40-30-8-11-33(38)34(23-30)43-12-4-3-5-13-43/h2,6-11,19-20,22-24H,1,3-5,12-18,21H2,(H,39,40,41). The van der Waals surface area contributed by atoms with Crippen LogP contribution in [0.5, 0.6) is 0 Å². The minimum atomic E-state index is -0.460. The van der Waals surface area contributed by atoms with Gasteiger partial charge in [-0.2, -0.15) is 0 Å². The molecule has 2 aliphatic rings. The quantitative estimate of drug-likeness (QED) is 0.197. The molecule has 0 aliphatic carbocycles. The van der Waals surface area contributed by atoms with E-state index in [1.54, 1.807) is 24.4 Å². The number of carbonyl (C=O) groups excluding carboxylic acids is 1. The first-order chi connectivity index (χ1) is 21.9. The van der Waals surface area contributed by atoms with Crippen molar-refractivity contribution in [2.24, 2.45) is 0 Å². The third-order valence-corrected chi connectivity index (χ3v) is 8.31. The molecule has 3 heterocycles. The summed E-state index contributed by atoms with van der Waals surface area (Å²) in [7, 11) is 0. The molecule has 9 heteroatoms. The first kappa shape index (κ1) is 30.4. The van der Waals surface area contributed by atoms with Gasteiger partial charge < -0.3 is 19.9 Å². The molecule has 2 saturated heterocycles. The predicted molar refractivity (Wildman–Crippen MR) is 174 cm³/mol. The van der Waals surface area contributed by atoms with E-state index in [-0.39, 0.29) is 18.0 Å². The monoisotopic (exact) mass is 609 g/mol. The Labute approximate surface area is 262 Å². The highest BCUT2D eigenvalue weighted by Crippen LogP contribution is 2.31. The van der Waals surface area contributed by atoms with Crippen LogP contribution in [0.25, 0.3) is 11.3 Å². The minimum Gasteiger partial charge on any atom is -0.378 e. The van der Waals surface area contributed by atoms with E-state index in [0.717, 1.165) is 62.3 Å². The van der Waals surface area contributed by atoms with Gasteiger partial charge >= 0.3 is 0 Å². The van der Waals surface area contributed by atoms with Crippen molar-refractivity contribution in [2.45, 2.75) is 32.1 Å². The Morgan fingerprint density at radius 2 is 1.69 bits per heavy atom. The van der Waals surface area contributed by atoms with Crippen molar-refractivity contribution in [3.8, 4) is 11.3 Å². The molecule has 2 fully saturated rings. The van der Waals surface area contributed by atoms with Gasteiger partial charge in [-0.25, -0.2) is 18.7 Å². The van der Waals surface area contributed by atoms with Crippen LogP contribution in [-0.2, 0) is 22.4 Å². The van der Waals surface area contributed by atoms with Gasteiger partial charge in [-0.3, -0.25) is 4.79 Å². The van der Waals surface area contributed by atoms with Crippen molar-refractivity contribution in [1.82, 2.24) is 9.97 Å². The molecule has 0 radical (unpaired) electrons. The number of carbonyl (C=O) groups is 1. The predicted octanol–water partition coefficient (Wildman–Crippen LogP) is 6.88. The van der Waals surface area contributed by atoms with Gasteiger partial charge in [0.15, 0.2) is 5.78 Å². The van der Waals surface area contributed by atoms with Crippen molar-refractivity contribution >= 4 is 28.8 Å². The Balaban J connectivity index is 1.32. The molecule has 2 aliphatic heterocycles. The molecule has 1 aromatic heterocycles. The Kier molecular flexibility index (Phi) is 9.45. The highest BCUT2D eigenvalue weighted by atomic mass is 19.1. The topological polar surface area (TPSA) is 70.6 Å². The minimum absolute atomic E-state index is 0.0393. The van der Waals surface area contributed by atoms with Gasteiger partial charge in [0.1, 0.15) is 11.6 Å². The maximum Gasteiger partial charge on any atom is 0.227 e. The van der Waals surface area contributed by atoms with Gasteiger partial charge in [-0.05, 0) is 85.0 Å². The molecule has 1 N–H and O–H groups in total. The van der Waals surface area contributed by atoms with Crippen LogP contribution >= 0.6 is 0 Å². The number of allylic oxidation sites excluding steroid dienone is 1. The lowest BCUT2D eigenvalue weighted by molar-refractivity contribution is -0.114. The SMILES string of the molecule is C=CC(=O)Cc1cc(F)cc(-c2nc(Nc3ccc(F)c(N4CCCCC4)c3)ncc2Cc2ccc(N3CCOCC3)cc2)c1. The van der Waals surface area contributed by atoms with Crippen LogP contribution in [-0.4, -0.2) is 55.1 Å². The third kappa shape index (κ3) is 7.54. The number of hydrogen-bond acceptors (Lipinski definition) is 7. The highest BCUT2D eigenvalue weighted by Gasteiger charge is 2.18. The Bertz CT molecular complexity index is 1670. The third-order valence-electron chi connectivity index (χ3n) is 8.31. The lowest BCUT2D eigenvalue weighted by Crippen LogP contribution is -2.36. The van der Waals surface area contributed by atoms with E-state index in [2.05, 4.69) is 50.9 Å². The van der Waals surface area contributed by atoms with E-state index < -0.39 is 5.82 Å². The summed E-state index contributed by atoms with van der Waals surface area (Å²) >= 11 is 0. The summed E-state index contributed by atoms with van der Waals surface area (Å²) in [6.07, 6.45) is 6.77. The van der Waals surface area contributed by atoms with Crippen molar-refractivity contribution in [1.29, 1.82) is 0 Å². The summed E-state index contributed by atoms with van der Waals surface area (Å²) in [6.45, 7) is 8.33. The first-order valence-corrected chi connectivity index (χ1v) is 15.5. The fourth-order valence-corrected chi connectivity index (χ4v) is 5.97. The van der Waals surface area contributed by atoms with Crippen molar-refractivity contribution < 1.29 is 18.3 Å². The molecule has 45 heavy (non-hydrogen) atoms. The fraction of sp³-hybridized carbons (Fsp3) is 0.306. The second-order valence-electron chi connectivity index (χ2n) is 11.5. The lowest BCUT2D eigenvalue weighted by Gasteiger charge is -2.29. The summed E-state index contributed by atoms with van der Waals surface area (Å²) < 4.78 is 35.2. The average molecular weight is 610 g/mol. The summed E-state index contributed by atoms with van der Waals surface area (Å²) in [5.41, 5.74) is 5.84. The van der Waals surface area contributed by atoms with Crippen LogP contribution < -0.4 is 15.1 Å². The molecule has 0 saturated carbocycles. The molecule has 6 rings (SSSR count). The zero-order chi connectivity index (χ0) is 31.2. The van der Waals surface area contributed by atoms with E-state index in [9.17, 15) is 13.6 Å². The number of halogens is 2. The van der Waals surface area contributed by atoms with Gasteiger partial charge in [0, 0.05) is 67.7 Å². The van der Waals surface area contributed by atoms with Crippen LogP contribution in [0.4, 0.5) is 31.8 Å². The Morgan fingerprint density at radius 1 is 0.911 bits per heavy atom. The molecule has 0 unspecified atom stereocenters. The zero-order valence-corrected chi connectivity index (χ0v) is 25.3. The van der Waals surface area contributed by atoms with E-state index in [1.165, 1.54) is 24.3 Å². The molecule has 3 aromatic carbocycles. The number of morpholine rings is 1. The zero-order valence-electron chi connectivity index (χ0n) is 25.3. The van der Waals surface area contributed by atoms with E-state index in [0.29, 0.717) is 53.8 Å². The maximum atomic E-state index is 14.9. The Hall–Kier alpha value is -4.63. The number of nitrogens with zero attached hydrogens (tertiary/aromatic N) is 4. The van der Waals surface area contributed by atoms with Gasteiger partial charge in [0.2, 0.25) is 5.95 Å². The maximum absolute atomic E-state index is 14.9. The molecule has 7 nitrogen and oxygen atoms in total. The van der Waals surface area contributed by atoms with Crippen LogP contribution in [0, 0.1) is 11.6 Å². The number of nitrogens with one attached hydrogen (secondary N) is 1.